The molecule has 0 N–H and O–H groups in total. The van der Waals surface area contributed by atoms with E-state index in [1.54, 1.807) is 0 Å². The summed E-state index contributed by atoms with van der Waals surface area (Å²) in [4.78, 5) is 0. The van der Waals surface area contributed by atoms with Gasteiger partial charge in [0.1, 0.15) is 11.2 Å². The second kappa shape index (κ2) is 10.0. The van der Waals surface area contributed by atoms with E-state index < -0.39 is 278 Å². The zero-order chi connectivity index (χ0) is 56.4. The summed E-state index contributed by atoms with van der Waals surface area (Å²) in [5, 5.41) is -8.50. The van der Waals surface area contributed by atoms with E-state index in [-0.39, 0.29) is 0 Å². The Morgan fingerprint density at radius 1 is 0.347 bits per heavy atom. The highest BCUT2D eigenvalue weighted by Crippen LogP contribution is 2.48. The number of fused-ring (bicyclic) bond motifs is 12. The lowest BCUT2D eigenvalue weighted by atomic mass is 9.83. The third-order valence-electron chi connectivity index (χ3n) is 8.50. The molecule has 0 atom stereocenters. The van der Waals surface area contributed by atoms with Crippen molar-refractivity contribution < 1.29 is 42.8 Å². The van der Waals surface area contributed by atoms with Crippen molar-refractivity contribution >= 4 is 86.6 Å². The Bertz CT molecular complexity index is 4690. The number of rotatable bonds is 2. The molecule has 0 aliphatic carbocycles. The van der Waals surface area contributed by atoms with Crippen molar-refractivity contribution in [3.05, 3.63) is 169 Å². The summed E-state index contributed by atoms with van der Waals surface area (Å²) in [6, 6.07) is -25.2. The van der Waals surface area contributed by atoms with E-state index in [0.717, 1.165) is 0 Å². The Morgan fingerprint density at radius 2 is 0.878 bits per heavy atom. The van der Waals surface area contributed by atoms with Crippen LogP contribution in [0.1, 0.15) is 38.4 Å². The first kappa shape index (κ1) is 11.3. The molecule has 1 heterocycles. The van der Waals surface area contributed by atoms with E-state index in [1.807, 2.05) is 0 Å². The smallest absolute Gasteiger partial charge is 0.143 e. The molecule has 11 aromatic rings. The van der Waals surface area contributed by atoms with Crippen LogP contribution in [0, 0.1) is 0 Å². The maximum absolute atomic E-state index is 10.1. The average Bonchev–Trinajstić information content (AvgIpc) is 3.96. The van der Waals surface area contributed by atoms with Gasteiger partial charge in [0.2, 0.25) is 0 Å². The Morgan fingerprint density at radius 3 is 1.59 bits per heavy atom. The maximum atomic E-state index is 10.1. The first-order valence-electron chi connectivity index (χ1n) is 28.7. The molecule has 0 bridgehead atoms. The molecule has 1 nitrogen and oxygen atoms in total. The van der Waals surface area contributed by atoms with E-state index in [1.165, 1.54) is 0 Å². The molecule has 0 amide bonds. The summed E-state index contributed by atoms with van der Waals surface area (Å²) >= 11 is 0. The molecule has 11 rings (SSSR count). The minimum absolute atomic E-state index is 0.424. The summed E-state index contributed by atoms with van der Waals surface area (Å²) in [6.45, 7) is 0. The molecule has 0 saturated heterocycles. The number of furan rings is 1. The van der Waals surface area contributed by atoms with Crippen molar-refractivity contribution in [2.45, 2.75) is 0 Å². The van der Waals surface area contributed by atoms with Crippen molar-refractivity contribution in [1.82, 2.24) is 0 Å². The molecule has 1 aromatic heterocycles. The van der Waals surface area contributed by atoms with Crippen LogP contribution in [0.4, 0.5) is 0 Å². The quantitative estimate of drug-likeness (QED) is 0.134. The van der Waals surface area contributed by atoms with Crippen molar-refractivity contribution in [2.24, 2.45) is 0 Å². The highest BCUT2D eigenvalue weighted by Gasteiger charge is 2.20. The lowest BCUT2D eigenvalue weighted by Crippen LogP contribution is -1.92. The molecule has 1 heteroatoms. The van der Waals surface area contributed by atoms with Gasteiger partial charge in [-0.25, -0.2) is 0 Å². The van der Waals surface area contributed by atoms with Gasteiger partial charge in [-0.15, -0.1) is 0 Å². The van der Waals surface area contributed by atoms with Crippen molar-refractivity contribution in [1.29, 1.82) is 0 Å². The third-order valence-corrected chi connectivity index (χ3v) is 8.50. The third kappa shape index (κ3) is 3.76. The lowest BCUT2D eigenvalue weighted by Gasteiger charge is -2.20. The van der Waals surface area contributed by atoms with Crippen LogP contribution in [0.5, 0.6) is 0 Å². The molecule has 0 unspecified atom stereocenters. The largest absolute Gasteiger partial charge is 0.455 e. The normalized spacial score (nSPS) is 20.1. The minimum Gasteiger partial charge on any atom is -0.455 e. The van der Waals surface area contributed by atoms with E-state index in [9.17, 15) is 15.1 Å². The van der Waals surface area contributed by atoms with Crippen LogP contribution in [-0.4, -0.2) is 0 Å². The second-order valence-corrected chi connectivity index (χ2v) is 11.0. The van der Waals surface area contributed by atoms with Crippen LogP contribution in [-0.2, 0) is 0 Å². The Hall–Kier alpha value is -6.44. The zero-order valence-corrected chi connectivity index (χ0v) is 24.4. The van der Waals surface area contributed by atoms with Gasteiger partial charge in [-0.1, -0.05) is 145 Å². The van der Waals surface area contributed by atoms with Gasteiger partial charge in [-0.05, 0) is 106 Å². The van der Waals surface area contributed by atoms with E-state index in [2.05, 4.69) is 0 Å². The van der Waals surface area contributed by atoms with Crippen LogP contribution in [0.15, 0.2) is 174 Å². The molecule has 0 fully saturated rings. The van der Waals surface area contributed by atoms with Crippen LogP contribution >= 0.6 is 0 Å². The molecule has 0 spiro atoms. The molecule has 0 aliphatic heterocycles. The van der Waals surface area contributed by atoms with E-state index in [0.29, 0.717) is 0 Å². The van der Waals surface area contributed by atoms with Crippen LogP contribution < -0.4 is 0 Å². The van der Waals surface area contributed by atoms with Gasteiger partial charge in [0.15, 0.2) is 0 Å². The van der Waals surface area contributed by atoms with E-state index >= 15 is 0 Å². The number of hydrogen-bond acceptors (Lipinski definition) is 1. The number of hydrogen-bond donors (Lipinski definition) is 0. The highest BCUT2D eigenvalue weighted by atomic mass is 16.3. The standard InChI is InChI=1S/C48H28O/c1-3-13-33-29(11-1)21-22-31-28-43(35-15-5-6-16-36(35)45(31)33)47-39-19-9-7-17-37(39)46(38-18-8-10-20-40(38)47)32-24-26-44-42(27-32)41-25-23-30-12-2-4-14-34(30)48(41)49-44/h1-28H/i1D,2D,3D,4D,5D,6D,7D,8D,9D,10D,11D,12D,13D,14D,15D,16D,17D,18D,19D,20D,21D,22D,23D,24D,25D,26D,27D,28D. The molecule has 0 radical (unpaired) electrons. The van der Waals surface area contributed by atoms with Gasteiger partial charge < -0.3 is 4.42 Å². The molecular weight excluding hydrogens is 593 g/mol. The second-order valence-electron chi connectivity index (χ2n) is 11.0. The summed E-state index contributed by atoms with van der Waals surface area (Å²) in [5.41, 5.74) is -4.14. The summed E-state index contributed by atoms with van der Waals surface area (Å²) in [7, 11) is 0. The van der Waals surface area contributed by atoms with Crippen molar-refractivity contribution in [3.8, 4) is 22.3 Å². The molecule has 226 valence electrons. The van der Waals surface area contributed by atoms with Crippen molar-refractivity contribution in [3.63, 3.8) is 0 Å². The fraction of sp³-hybridized carbons (Fsp3) is 0. The topological polar surface area (TPSA) is 13.1 Å². The van der Waals surface area contributed by atoms with Crippen molar-refractivity contribution in [2.75, 3.05) is 0 Å². The van der Waals surface area contributed by atoms with Gasteiger partial charge in [-0.3, -0.25) is 0 Å². The Labute approximate surface area is 321 Å². The molecule has 0 saturated carbocycles. The van der Waals surface area contributed by atoms with Gasteiger partial charge in [0, 0.05) is 16.2 Å². The molecule has 49 heavy (non-hydrogen) atoms. The first-order chi connectivity index (χ1) is 36.0. The number of benzene rings is 10. The maximum Gasteiger partial charge on any atom is 0.143 e. The van der Waals surface area contributed by atoms with Gasteiger partial charge in [0.05, 0.1) is 38.4 Å². The SMILES string of the molecule is [2H]c1c(-c2c3c([2H])c([2H])c([2H])c([2H])c3c(-c3c([2H])c4c([2H])c([2H])c5c([2H])c([2H])c([2H])c([2H])c5c4c4c([2H])c([2H])c([2H])c([2H])c34)c3c([2H])c([2H])c([2H])c([2H])c23)c([2H])c2c(oc3c4c([2H])c([2H])c([2H])c([2H])c4c([2H])c([2H])c32)c1[2H]. The lowest BCUT2D eigenvalue weighted by molar-refractivity contribution is 0.672. The Balaban J connectivity index is 1.48. The fourth-order valence-electron chi connectivity index (χ4n) is 6.47. The molecule has 0 aliphatic rings. The summed E-state index contributed by atoms with van der Waals surface area (Å²) in [6.07, 6.45) is 0. The molecule has 10 aromatic carbocycles. The summed E-state index contributed by atoms with van der Waals surface area (Å²) in [5.74, 6) is 0. The van der Waals surface area contributed by atoms with Crippen LogP contribution in [0.25, 0.3) is 109 Å². The molecular formula is C48H28O. The van der Waals surface area contributed by atoms with Crippen LogP contribution in [0.2, 0.25) is 0 Å². The monoisotopic (exact) mass is 648 g/mol. The zero-order valence-electron chi connectivity index (χ0n) is 52.4. The predicted octanol–water partition coefficient (Wildman–Crippen LogP) is 13.8. The summed E-state index contributed by atoms with van der Waals surface area (Å²) < 4.78 is 261. The van der Waals surface area contributed by atoms with Gasteiger partial charge in [0.25, 0.3) is 0 Å². The Kier molecular flexibility index (Phi) is 2.32. The fourth-order valence-corrected chi connectivity index (χ4v) is 6.47. The van der Waals surface area contributed by atoms with E-state index in [4.69, 9.17) is 27.7 Å². The minimum atomic E-state index is -1.02. The predicted molar refractivity (Wildman–Crippen MR) is 210 cm³/mol. The van der Waals surface area contributed by atoms with Gasteiger partial charge in [-0.2, -0.15) is 0 Å². The van der Waals surface area contributed by atoms with Gasteiger partial charge >= 0.3 is 0 Å². The van der Waals surface area contributed by atoms with Crippen LogP contribution in [0.3, 0.4) is 0 Å². The highest BCUT2D eigenvalue weighted by molar-refractivity contribution is 6.29. The average molecular weight is 649 g/mol. The first-order valence-corrected chi connectivity index (χ1v) is 14.7.